The largest absolute Gasteiger partial charge is 0.378 e. The van der Waals surface area contributed by atoms with Crippen LogP contribution in [0.2, 0.25) is 0 Å². The van der Waals surface area contributed by atoms with Gasteiger partial charge in [-0.2, -0.15) is 0 Å². The molecule has 104 valence electrons. The van der Waals surface area contributed by atoms with Crippen LogP contribution in [0, 0.1) is 0 Å². The summed E-state index contributed by atoms with van der Waals surface area (Å²) in [7, 11) is 0. The Morgan fingerprint density at radius 2 is 2.21 bits per heavy atom. The Morgan fingerprint density at radius 1 is 1.42 bits per heavy atom. The number of morpholine rings is 1. The van der Waals surface area contributed by atoms with Crippen LogP contribution < -0.4 is 16.0 Å². The number of nitrogens with two attached hydrogens (primary N) is 1. The molecule has 6 heteroatoms. The van der Waals surface area contributed by atoms with Gasteiger partial charge in [0.1, 0.15) is 5.82 Å². The standard InChI is InChI=1S/C13H20N4O2/c14-5-1-2-13(18)16-11-3-4-12(15-10-11)17-6-8-19-9-7-17/h3-4,10H,1-2,5-9,14H2,(H,16,18). The lowest BCUT2D eigenvalue weighted by Crippen LogP contribution is -2.36. The molecule has 3 N–H and O–H groups in total. The van der Waals surface area contributed by atoms with Gasteiger partial charge >= 0.3 is 0 Å². The van der Waals surface area contributed by atoms with Crippen molar-refractivity contribution in [3.8, 4) is 0 Å². The number of carbonyl (C=O) groups excluding carboxylic acids is 1. The summed E-state index contributed by atoms with van der Waals surface area (Å²) >= 11 is 0. The average molecular weight is 264 g/mol. The van der Waals surface area contributed by atoms with Gasteiger partial charge in [0, 0.05) is 19.5 Å². The Morgan fingerprint density at radius 3 is 2.84 bits per heavy atom. The summed E-state index contributed by atoms with van der Waals surface area (Å²) in [6.07, 6.45) is 2.83. The first-order valence-corrected chi connectivity index (χ1v) is 6.58. The highest BCUT2D eigenvalue weighted by molar-refractivity contribution is 5.90. The fourth-order valence-corrected chi connectivity index (χ4v) is 1.93. The summed E-state index contributed by atoms with van der Waals surface area (Å²) in [6.45, 7) is 3.71. The van der Waals surface area contributed by atoms with Crippen LogP contribution in [0.5, 0.6) is 0 Å². The molecule has 0 bridgehead atoms. The van der Waals surface area contributed by atoms with E-state index in [1.54, 1.807) is 6.20 Å². The molecular formula is C13H20N4O2. The normalized spacial score (nSPS) is 15.3. The second kappa shape index (κ2) is 7.06. The van der Waals surface area contributed by atoms with Crippen LogP contribution >= 0.6 is 0 Å². The Bertz CT molecular complexity index is 402. The predicted molar refractivity (Wildman–Crippen MR) is 74.2 cm³/mol. The minimum atomic E-state index is -0.0219. The molecule has 1 fully saturated rings. The minimum absolute atomic E-state index is 0.0219. The van der Waals surface area contributed by atoms with Crippen LogP contribution in [0.4, 0.5) is 11.5 Å². The molecule has 0 aromatic carbocycles. The lowest BCUT2D eigenvalue weighted by molar-refractivity contribution is -0.116. The molecule has 1 amide bonds. The van der Waals surface area contributed by atoms with Gasteiger partial charge in [-0.15, -0.1) is 0 Å². The highest BCUT2D eigenvalue weighted by Crippen LogP contribution is 2.15. The minimum Gasteiger partial charge on any atom is -0.378 e. The molecule has 0 aliphatic carbocycles. The van der Waals surface area contributed by atoms with Crippen molar-refractivity contribution in [2.75, 3.05) is 43.1 Å². The summed E-state index contributed by atoms with van der Waals surface area (Å²) < 4.78 is 5.30. The van der Waals surface area contributed by atoms with E-state index in [4.69, 9.17) is 10.5 Å². The zero-order chi connectivity index (χ0) is 13.5. The lowest BCUT2D eigenvalue weighted by Gasteiger charge is -2.27. The number of hydrogen-bond acceptors (Lipinski definition) is 5. The summed E-state index contributed by atoms with van der Waals surface area (Å²) in [6, 6.07) is 3.79. The molecule has 19 heavy (non-hydrogen) atoms. The van der Waals surface area contributed by atoms with E-state index in [1.807, 2.05) is 12.1 Å². The second-order valence-corrected chi connectivity index (χ2v) is 4.44. The van der Waals surface area contributed by atoms with Gasteiger partial charge in [-0.25, -0.2) is 4.98 Å². The monoisotopic (exact) mass is 264 g/mol. The number of carbonyl (C=O) groups is 1. The number of aromatic nitrogens is 1. The maximum absolute atomic E-state index is 11.5. The van der Waals surface area contributed by atoms with E-state index in [0.717, 1.165) is 37.8 Å². The molecule has 0 atom stereocenters. The molecule has 6 nitrogen and oxygen atoms in total. The number of rotatable bonds is 5. The molecule has 1 aromatic heterocycles. The van der Waals surface area contributed by atoms with E-state index in [1.165, 1.54) is 0 Å². The summed E-state index contributed by atoms with van der Waals surface area (Å²) in [5, 5.41) is 2.81. The molecule has 1 aliphatic heterocycles. The van der Waals surface area contributed by atoms with Crippen LogP contribution in [0.3, 0.4) is 0 Å². The van der Waals surface area contributed by atoms with Gasteiger partial charge in [0.2, 0.25) is 5.91 Å². The number of hydrogen-bond donors (Lipinski definition) is 2. The van der Waals surface area contributed by atoms with Crippen molar-refractivity contribution in [1.82, 2.24) is 4.98 Å². The van der Waals surface area contributed by atoms with Crippen molar-refractivity contribution in [2.45, 2.75) is 12.8 Å². The van der Waals surface area contributed by atoms with E-state index < -0.39 is 0 Å². The van der Waals surface area contributed by atoms with Crippen molar-refractivity contribution in [3.63, 3.8) is 0 Å². The first kappa shape index (κ1) is 13.8. The van der Waals surface area contributed by atoms with E-state index in [0.29, 0.717) is 19.4 Å². The van der Waals surface area contributed by atoms with Crippen molar-refractivity contribution < 1.29 is 9.53 Å². The number of nitrogens with zero attached hydrogens (tertiary/aromatic N) is 2. The molecule has 0 saturated carbocycles. The Balaban J connectivity index is 1.88. The van der Waals surface area contributed by atoms with Gasteiger partial charge in [-0.05, 0) is 25.1 Å². The van der Waals surface area contributed by atoms with E-state index >= 15 is 0 Å². The van der Waals surface area contributed by atoms with Gasteiger partial charge < -0.3 is 20.7 Å². The topological polar surface area (TPSA) is 80.5 Å². The third-order valence-electron chi connectivity index (χ3n) is 2.97. The molecule has 1 aromatic rings. The van der Waals surface area contributed by atoms with Crippen molar-refractivity contribution >= 4 is 17.4 Å². The molecular weight excluding hydrogens is 244 g/mol. The average Bonchev–Trinajstić information content (AvgIpc) is 2.47. The van der Waals surface area contributed by atoms with Gasteiger partial charge in [-0.3, -0.25) is 4.79 Å². The summed E-state index contributed by atoms with van der Waals surface area (Å²) in [5.74, 6) is 0.898. The van der Waals surface area contributed by atoms with Crippen molar-refractivity contribution in [1.29, 1.82) is 0 Å². The van der Waals surface area contributed by atoms with Crippen molar-refractivity contribution in [2.24, 2.45) is 5.73 Å². The molecule has 2 heterocycles. The molecule has 2 rings (SSSR count). The van der Waals surface area contributed by atoms with Crippen LogP contribution in [-0.2, 0) is 9.53 Å². The number of pyridine rings is 1. The third kappa shape index (κ3) is 4.18. The Hall–Kier alpha value is -1.66. The van der Waals surface area contributed by atoms with Crippen LogP contribution in [0.25, 0.3) is 0 Å². The SMILES string of the molecule is NCCCC(=O)Nc1ccc(N2CCOCC2)nc1. The first-order valence-electron chi connectivity index (χ1n) is 6.58. The van der Waals surface area contributed by atoms with E-state index in [-0.39, 0.29) is 5.91 Å². The Kier molecular flexibility index (Phi) is 5.11. The highest BCUT2D eigenvalue weighted by atomic mass is 16.5. The third-order valence-corrected chi connectivity index (χ3v) is 2.97. The molecule has 1 saturated heterocycles. The molecule has 0 spiro atoms. The fourth-order valence-electron chi connectivity index (χ4n) is 1.93. The zero-order valence-corrected chi connectivity index (χ0v) is 11.0. The van der Waals surface area contributed by atoms with E-state index in [2.05, 4.69) is 15.2 Å². The first-order chi connectivity index (χ1) is 9.29. The number of ether oxygens (including phenoxy) is 1. The van der Waals surface area contributed by atoms with E-state index in [9.17, 15) is 4.79 Å². The van der Waals surface area contributed by atoms with Gasteiger partial charge in [0.05, 0.1) is 25.1 Å². The fraction of sp³-hybridized carbons (Fsp3) is 0.538. The van der Waals surface area contributed by atoms with Gasteiger partial charge in [0.25, 0.3) is 0 Å². The maximum atomic E-state index is 11.5. The quantitative estimate of drug-likeness (QED) is 0.814. The second-order valence-electron chi connectivity index (χ2n) is 4.44. The summed E-state index contributed by atoms with van der Waals surface area (Å²) in [5.41, 5.74) is 6.09. The number of amides is 1. The van der Waals surface area contributed by atoms with Crippen molar-refractivity contribution in [3.05, 3.63) is 18.3 Å². The molecule has 0 radical (unpaired) electrons. The highest BCUT2D eigenvalue weighted by Gasteiger charge is 2.12. The Labute approximate surface area is 112 Å². The molecule has 0 unspecified atom stereocenters. The van der Waals surface area contributed by atoms with Gasteiger partial charge in [0.15, 0.2) is 0 Å². The smallest absolute Gasteiger partial charge is 0.224 e. The maximum Gasteiger partial charge on any atom is 0.224 e. The van der Waals surface area contributed by atoms with Crippen LogP contribution in [0.1, 0.15) is 12.8 Å². The number of anilines is 2. The predicted octanol–water partition coefficient (Wildman–Crippen LogP) is 0.596. The van der Waals surface area contributed by atoms with Crippen LogP contribution in [-0.4, -0.2) is 43.7 Å². The number of nitrogens with one attached hydrogen (secondary N) is 1. The van der Waals surface area contributed by atoms with Crippen LogP contribution in [0.15, 0.2) is 18.3 Å². The lowest BCUT2D eigenvalue weighted by atomic mass is 10.3. The van der Waals surface area contributed by atoms with Gasteiger partial charge in [-0.1, -0.05) is 0 Å². The molecule has 1 aliphatic rings. The summed E-state index contributed by atoms with van der Waals surface area (Å²) in [4.78, 5) is 18.1. The zero-order valence-electron chi connectivity index (χ0n) is 11.0.